The molecular formula is C12H24N2O2. The lowest BCUT2D eigenvalue weighted by molar-refractivity contribution is -0.134. The van der Waals surface area contributed by atoms with E-state index in [1.165, 1.54) is 0 Å². The van der Waals surface area contributed by atoms with Crippen molar-refractivity contribution < 1.29 is 9.53 Å². The van der Waals surface area contributed by atoms with Crippen LogP contribution in [0.2, 0.25) is 0 Å². The SMILES string of the molecule is CC(C)CCOCCN1CC(N)CCC1=O. The average Bonchev–Trinajstić information content (AvgIpc) is 2.22. The molecule has 1 fully saturated rings. The van der Waals surface area contributed by atoms with Crippen LogP contribution in [-0.4, -0.2) is 43.2 Å². The summed E-state index contributed by atoms with van der Waals surface area (Å²) in [4.78, 5) is 13.3. The molecule has 1 amide bonds. The van der Waals surface area contributed by atoms with E-state index in [4.69, 9.17) is 10.5 Å². The van der Waals surface area contributed by atoms with E-state index in [-0.39, 0.29) is 11.9 Å². The van der Waals surface area contributed by atoms with Gasteiger partial charge < -0.3 is 15.4 Å². The summed E-state index contributed by atoms with van der Waals surface area (Å²) in [5, 5.41) is 0. The minimum absolute atomic E-state index is 0.147. The second kappa shape index (κ2) is 6.86. The van der Waals surface area contributed by atoms with Gasteiger partial charge in [0.25, 0.3) is 0 Å². The monoisotopic (exact) mass is 228 g/mol. The Hall–Kier alpha value is -0.610. The molecule has 0 saturated carbocycles. The number of piperidine rings is 1. The van der Waals surface area contributed by atoms with Crippen LogP contribution in [-0.2, 0) is 9.53 Å². The molecule has 1 rings (SSSR count). The number of carbonyl (C=O) groups is 1. The van der Waals surface area contributed by atoms with Gasteiger partial charge in [-0.1, -0.05) is 13.8 Å². The van der Waals surface area contributed by atoms with Crippen molar-refractivity contribution >= 4 is 5.91 Å². The summed E-state index contributed by atoms with van der Waals surface area (Å²) in [5.41, 5.74) is 5.82. The molecule has 1 atom stereocenters. The van der Waals surface area contributed by atoms with Gasteiger partial charge in [-0.15, -0.1) is 0 Å². The average molecular weight is 228 g/mol. The number of ether oxygens (including phenoxy) is 1. The van der Waals surface area contributed by atoms with Crippen LogP contribution < -0.4 is 5.73 Å². The number of carbonyl (C=O) groups excluding carboxylic acids is 1. The van der Waals surface area contributed by atoms with Gasteiger partial charge in [0.2, 0.25) is 5.91 Å². The molecule has 1 heterocycles. The molecule has 94 valence electrons. The Balaban J connectivity index is 2.09. The summed E-state index contributed by atoms with van der Waals surface area (Å²) in [6.45, 7) is 7.14. The van der Waals surface area contributed by atoms with Crippen LogP contribution in [0.5, 0.6) is 0 Å². The summed E-state index contributed by atoms with van der Waals surface area (Å²) >= 11 is 0. The van der Waals surface area contributed by atoms with Gasteiger partial charge in [0.05, 0.1) is 6.61 Å². The Bertz CT molecular complexity index is 219. The van der Waals surface area contributed by atoms with Crippen molar-refractivity contribution in [2.75, 3.05) is 26.3 Å². The van der Waals surface area contributed by atoms with E-state index in [9.17, 15) is 4.79 Å². The first kappa shape index (κ1) is 13.5. The fourth-order valence-corrected chi connectivity index (χ4v) is 1.75. The van der Waals surface area contributed by atoms with Crippen molar-refractivity contribution in [1.29, 1.82) is 0 Å². The zero-order chi connectivity index (χ0) is 12.0. The lowest BCUT2D eigenvalue weighted by Crippen LogP contribution is -2.47. The predicted molar refractivity (Wildman–Crippen MR) is 64.1 cm³/mol. The highest BCUT2D eigenvalue weighted by molar-refractivity contribution is 5.77. The lowest BCUT2D eigenvalue weighted by Gasteiger charge is -2.30. The molecule has 4 nitrogen and oxygen atoms in total. The first-order valence-electron chi connectivity index (χ1n) is 6.20. The van der Waals surface area contributed by atoms with Gasteiger partial charge in [0.1, 0.15) is 0 Å². The topological polar surface area (TPSA) is 55.6 Å². The minimum Gasteiger partial charge on any atom is -0.380 e. The third-order valence-corrected chi connectivity index (χ3v) is 2.88. The molecule has 1 unspecified atom stereocenters. The van der Waals surface area contributed by atoms with Crippen molar-refractivity contribution in [3.05, 3.63) is 0 Å². The van der Waals surface area contributed by atoms with Gasteiger partial charge in [-0.25, -0.2) is 0 Å². The van der Waals surface area contributed by atoms with E-state index in [2.05, 4.69) is 13.8 Å². The fraction of sp³-hybridized carbons (Fsp3) is 0.917. The standard InChI is InChI=1S/C12H24N2O2/c1-10(2)5-7-16-8-6-14-9-11(13)3-4-12(14)15/h10-11H,3-9,13H2,1-2H3. The number of amides is 1. The molecule has 0 bridgehead atoms. The Morgan fingerprint density at radius 3 is 2.94 bits per heavy atom. The summed E-state index contributed by atoms with van der Waals surface area (Å²) < 4.78 is 5.50. The van der Waals surface area contributed by atoms with E-state index in [1.807, 2.05) is 4.90 Å². The highest BCUT2D eigenvalue weighted by Crippen LogP contribution is 2.09. The molecule has 2 N–H and O–H groups in total. The highest BCUT2D eigenvalue weighted by Gasteiger charge is 2.22. The molecule has 0 aromatic heterocycles. The number of nitrogens with two attached hydrogens (primary N) is 1. The van der Waals surface area contributed by atoms with Crippen LogP contribution in [0, 0.1) is 5.92 Å². The van der Waals surface area contributed by atoms with E-state index < -0.39 is 0 Å². The molecular weight excluding hydrogens is 204 g/mol. The van der Waals surface area contributed by atoms with Gasteiger partial charge in [0, 0.05) is 32.2 Å². The first-order chi connectivity index (χ1) is 7.59. The Morgan fingerprint density at radius 1 is 1.50 bits per heavy atom. The van der Waals surface area contributed by atoms with Crippen molar-refractivity contribution in [2.24, 2.45) is 11.7 Å². The molecule has 1 aliphatic rings. The number of nitrogens with zero attached hydrogens (tertiary/aromatic N) is 1. The largest absolute Gasteiger partial charge is 0.380 e. The van der Waals surface area contributed by atoms with Crippen LogP contribution in [0.4, 0.5) is 0 Å². The van der Waals surface area contributed by atoms with Gasteiger partial charge in [0.15, 0.2) is 0 Å². The van der Waals surface area contributed by atoms with Crippen LogP contribution in [0.1, 0.15) is 33.1 Å². The maximum Gasteiger partial charge on any atom is 0.222 e. The third kappa shape index (κ3) is 4.94. The predicted octanol–water partition coefficient (Wildman–Crippen LogP) is 0.999. The second-order valence-corrected chi connectivity index (χ2v) is 4.93. The van der Waals surface area contributed by atoms with Crippen LogP contribution in [0.25, 0.3) is 0 Å². The molecule has 0 spiro atoms. The van der Waals surface area contributed by atoms with E-state index >= 15 is 0 Å². The zero-order valence-corrected chi connectivity index (χ0v) is 10.4. The quantitative estimate of drug-likeness (QED) is 0.690. The number of rotatable bonds is 6. The number of hydrogen-bond acceptors (Lipinski definition) is 3. The van der Waals surface area contributed by atoms with Crippen molar-refractivity contribution in [3.63, 3.8) is 0 Å². The highest BCUT2D eigenvalue weighted by atomic mass is 16.5. The van der Waals surface area contributed by atoms with Gasteiger partial charge >= 0.3 is 0 Å². The summed E-state index contributed by atoms with van der Waals surface area (Å²) in [5.74, 6) is 0.888. The van der Waals surface area contributed by atoms with Crippen LogP contribution in [0.15, 0.2) is 0 Å². The maximum atomic E-state index is 11.5. The van der Waals surface area contributed by atoms with E-state index in [0.717, 1.165) is 19.4 Å². The summed E-state index contributed by atoms with van der Waals surface area (Å²) in [6, 6.07) is 0.147. The molecule has 0 aliphatic carbocycles. The number of hydrogen-bond donors (Lipinski definition) is 1. The molecule has 0 aromatic carbocycles. The molecule has 4 heteroatoms. The van der Waals surface area contributed by atoms with Crippen LogP contribution in [0.3, 0.4) is 0 Å². The van der Waals surface area contributed by atoms with Gasteiger partial charge in [-0.2, -0.15) is 0 Å². The number of likely N-dealkylation sites (tertiary alicyclic amines) is 1. The van der Waals surface area contributed by atoms with Crippen LogP contribution >= 0.6 is 0 Å². The van der Waals surface area contributed by atoms with E-state index in [0.29, 0.717) is 32.0 Å². The summed E-state index contributed by atoms with van der Waals surface area (Å²) in [7, 11) is 0. The van der Waals surface area contributed by atoms with Gasteiger partial charge in [-0.05, 0) is 18.8 Å². The van der Waals surface area contributed by atoms with E-state index in [1.54, 1.807) is 0 Å². The third-order valence-electron chi connectivity index (χ3n) is 2.88. The second-order valence-electron chi connectivity index (χ2n) is 4.93. The molecule has 16 heavy (non-hydrogen) atoms. The van der Waals surface area contributed by atoms with Gasteiger partial charge in [-0.3, -0.25) is 4.79 Å². The smallest absolute Gasteiger partial charge is 0.222 e. The molecule has 1 saturated heterocycles. The van der Waals surface area contributed by atoms with Crippen molar-refractivity contribution in [1.82, 2.24) is 4.90 Å². The normalized spacial score (nSPS) is 21.9. The maximum absolute atomic E-state index is 11.5. The van der Waals surface area contributed by atoms with Crippen molar-refractivity contribution in [2.45, 2.75) is 39.2 Å². The molecule has 0 radical (unpaired) electrons. The Labute approximate surface area is 98.1 Å². The first-order valence-corrected chi connectivity index (χ1v) is 6.20. The zero-order valence-electron chi connectivity index (χ0n) is 10.4. The molecule has 1 aliphatic heterocycles. The van der Waals surface area contributed by atoms with Crippen molar-refractivity contribution in [3.8, 4) is 0 Å². The lowest BCUT2D eigenvalue weighted by atomic mass is 10.1. The summed E-state index contributed by atoms with van der Waals surface area (Å²) in [6.07, 6.45) is 2.49. The molecule has 0 aromatic rings. The Morgan fingerprint density at radius 2 is 2.25 bits per heavy atom. The fourth-order valence-electron chi connectivity index (χ4n) is 1.75. The Kier molecular flexibility index (Phi) is 5.77. The minimum atomic E-state index is 0.147.